The Kier molecular flexibility index (Phi) is 2.70. The van der Waals surface area contributed by atoms with Crippen molar-refractivity contribution in [3.8, 4) is 5.75 Å². The summed E-state index contributed by atoms with van der Waals surface area (Å²) in [6.07, 6.45) is 1.74. The van der Waals surface area contributed by atoms with E-state index in [2.05, 4.69) is 0 Å². The van der Waals surface area contributed by atoms with Crippen molar-refractivity contribution in [1.82, 2.24) is 0 Å². The second kappa shape index (κ2) is 3.86. The maximum atomic E-state index is 12.5. The van der Waals surface area contributed by atoms with Gasteiger partial charge >= 0.3 is 0 Å². The zero-order valence-electron chi connectivity index (χ0n) is 9.06. The lowest BCUT2D eigenvalue weighted by atomic mass is 10.3. The van der Waals surface area contributed by atoms with Crippen LogP contribution in [0.5, 0.6) is 5.75 Å². The van der Waals surface area contributed by atoms with Crippen LogP contribution in [0, 0.1) is 0 Å². The number of benzene rings is 1. The Balaban J connectivity index is 2.34. The third-order valence-electron chi connectivity index (χ3n) is 2.78. The van der Waals surface area contributed by atoms with Crippen LogP contribution in [-0.2, 0) is 4.57 Å². The standard InChI is InChI=1S/C12H15O2P/c1-10-7-8-15(13,9-10)12-5-3-11(14-2)4-6-12/h3-6,9H,7-8H2,1-2H3/t15-/m0/s1. The highest BCUT2D eigenvalue weighted by Gasteiger charge is 2.26. The van der Waals surface area contributed by atoms with Crippen LogP contribution in [0.3, 0.4) is 0 Å². The number of allylic oxidation sites excluding steroid dienone is 1. The molecule has 0 saturated carbocycles. The molecule has 0 unspecified atom stereocenters. The SMILES string of the molecule is COc1ccc([P@@]2(=O)C=C(C)CC2)cc1. The maximum absolute atomic E-state index is 12.5. The zero-order chi connectivity index (χ0) is 10.9. The van der Waals surface area contributed by atoms with Crippen LogP contribution in [0.4, 0.5) is 0 Å². The second-order valence-electron chi connectivity index (χ2n) is 3.94. The summed E-state index contributed by atoms with van der Waals surface area (Å²) < 4.78 is 17.6. The monoisotopic (exact) mass is 222 g/mol. The Hall–Kier alpha value is -1.01. The molecule has 2 nitrogen and oxygen atoms in total. The molecule has 3 heteroatoms. The minimum absolute atomic E-state index is 0.783. The Morgan fingerprint density at radius 2 is 1.93 bits per heavy atom. The van der Waals surface area contributed by atoms with Crippen LogP contribution in [-0.4, -0.2) is 13.3 Å². The van der Waals surface area contributed by atoms with Gasteiger partial charge in [0.05, 0.1) is 7.11 Å². The summed E-state index contributed by atoms with van der Waals surface area (Å²) in [4.78, 5) is 0. The predicted octanol–water partition coefficient (Wildman–Crippen LogP) is 2.99. The van der Waals surface area contributed by atoms with E-state index in [0.29, 0.717) is 0 Å². The van der Waals surface area contributed by atoms with E-state index in [1.807, 2.05) is 37.0 Å². The van der Waals surface area contributed by atoms with Gasteiger partial charge in [0.1, 0.15) is 12.9 Å². The van der Waals surface area contributed by atoms with Gasteiger partial charge < -0.3 is 9.30 Å². The molecule has 15 heavy (non-hydrogen) atoms. The summed E-state index contributed by atoms with van der Waals surface area (Å²) in [5.41, 5.74) is 1.24. The first kappa shape index (κ1) is 10.5. The minimum atomic E-state index is -2.23. The molecule has 0 saturated heterocycles. The number of ether oxygens (including phenoxy) is 1. The van der Waals surface area contributed by atoms with Crippen LogP contribution in [0.15, 0.2) is 35.7 Å². The predicted molar refractivity (Wildman–Crippen MR) is 63.5 cm³/mol. The molecule has 2 rings (SSSR count). The van der Waals surface area contributed by atoms with Gasteiger partial charge in [-0.05, 0) is 43.4 Å². The lowest BCUT2D eigenvalue weighted by Gasteiger charge is -2.09. The number of hydrogen-bond donors (Lipinski definition) is 0. The van der Waals surface area contributed by atoms with Gasteiger partial charge in [0.2, 0.25) is 0 Å². The van der Waals surface area contributed by atoms with Gasteiger partial charge in [-0.3, -0.25) is 0 Å². The molecule has 1 aliphatic rings. The van der Waals surface area contributed by atoms with Gasteiger partial charge in [0, 0.05) is 11.5 Å². The molecule has 0 aliphatic carbocycles. The lowest BCUT2D eigenvalue weighted by molar-refractivity contribution is 0.415. The van der Waals surface area contributed by atoms with E-state index in [9.17, 15) is 4.57 Å². The Labute approximate surface area is 90.3 Å². The molecule has 0 bridgehead atoms. The topological polar surface area (TPSA) is 26.3 Å². The van der Waals surface area contributed by atoms with Crippen LogP contribution in [0.25, 0.3) is 0 Å². The zero-order valence-corrected chi connectivity index (χ0v) is 9.96. The molecular weight excluding hydrogens is 207 g/mol. The fourth-order valence-electron chi connectivity index (χ4n) is 1.87. The van der Waals surface area contributed by atoms with Crippen molar-refractivity contribution in [3.63, 3.8) is 0 Å². The average molecular weight is 222 g/mol. The normalized spacial score (nSPS) is 25.1. The summed E-state index contributed by atoms with van der Waals surface area (Å²) in [6, 6.07) is 7.57. The van der Waals surface area contributed by atoms with Gasteiger partial charge in [-0.1, -0.05) is 5.57 Å². The molecular formula is C12H15O2P. The van der Waals surface area contributed by atoms with Crippen molar-refractivity contribution in [2.45, 2.75) is 13.3 Å². The number of hydrogen-bond acceptors (Lipinski definition) is 2. The van der Waals surface area contributed by atoms with Crippen LogP contribution < -0.4 is 10.0 Å². The molecule has 1 heterocycles. The van der Waals surface area contributed by atoms with Crippen LogP contribution >= 0.6 is 7.14 Å². The average Bonchev–Trinajstić information content (AvgIpc) is 2.60. The molecule has 0 aromatic heterocycles. The van der Waals surface area contributed by atoms with Gasteiger partial charge in [0.25, 0.3) is 0 Å². The molecule has 1 aromatic rings. The summed E-state index contributed by atoms with van der Waals surface area (Å²) in [5, 5.41) is 0.945. The highest BCUT2D eigenvalue weighted by atomic mass is 31.2. The van der Waals surface area contributed by atoms with E-state index in [1.165, 1.54) is 5.57 Å². The third-order valence-corrected chi connectivity index (χ3v) is 5.69. The number of rotatable bonds is 2. The first-order valence-electron chi connectivity index (χ1n) is 5.06. The molecule has 1 aromatic carbocycles. The maximum Gasteiger partial charge on any atom is 0.136 e. The van der Waals surface area contributed by atoms with E-state index in [-0.39, 0.29) is 0 Å². The molecule has 0 fully saturated rings. The summed E-state index contributed by atoms with van der Waals surface area (Å²) in [6.45, 7) is 2.04. The van der Waals surface area contributed by atoms with E-state index >= 15 is 0 Å². The molecule has 80 valence electrons. The van der Waals surface area contributed by atoms with Crippen molar-refractivity contribution in [2.75, 3.05) is 13.3 Å². The summed E-state index contributed by atoms with van der Waals surface area (Å²) >= 11 is 0. The van der Waals surface area contributed by atoms with Gasteiger partial charge in [-0.2, -0.15) is 0 Å². The first-order chi connectivity index (χ1) is 7.14. The lowest BCUT2D eigenvalue weighted by Crippen LogP contribution is -2.03. The molecule has 1 atom stereocenters. The fraction of sp³-hybridized carbons (Fsp3) is 0.333. The van der Waals surface area contributed by atoms with Gasteiger partial charge in [0.15, 0.2) is 0 Å². The van der Waals surface area contributed by atoms with Crippen LogP contribution in [0.2, 0.25) is 0 Å². The molecule has 0 radical (unpaired) electrons. The molecule has 1 aliphatic heterocycles. The van der Waals surface area contributed by atoms with E-state index in [0.717, 1.165) is 23.6 Å². The van der Waals surface area contributed by atoms with E-state index < -0.39 is 7.14 Å². The van der Waals surface area contributed by atoms with Gasteiger partial charge in [-0.25, -0.2) is 0 Å². The highest BCUT2D eigenvalue weighted by molar-refractivity contribution is 7.74. The smallest absolute Gasteiger partial charge is 0.136 e. The fourth-order valence-corrected chi connectivity index (χ4v) is 4.58. The van der Waals surface area contributed by atoms with Crippen molar-refractivity contribution in [2.24, 2.45) is 0 Å². The quantitative estimate of drug-likeness (QED) is 0.719. The third kappa shape index (κ3) is 2.00. The molecule has 0 amide bonds. The summed E-state index contributed by atoms with van der Waals surface area (Å²) in [7, 11) is -0.591. The highest BCUT2D eigenvalue weighted by Crippen LogP contribution is 2.52. The van der Waals surface area contributed by atoms with Crippen molar-refractivity contribution >= 4 is 12.4 Å². The van der Waals surface area contributed by atoms with Crippen molar-refractivity contribution in [3.05, 3.63) is 35.7 Å². The van der Waals surface area contributed by atoms with E-state index in [1.54, 1.807) is 7.11 Å². The minimum Gasteiger partial charge on any atom is -0.497 e. The Bertz CT molecular complexity index is 431. The summed E-state index contributed by atoms with van der Waals surface area (Å²) in [5.74, 6) is 2.76. The van der Waals surface area contributed by atoms with Crippen molar-refractivity contribution in [1.29, 1.82) is 0 Å². The Morgan fingerprint density at radius 1 is 1.27 bits per heavy atom. The first-order valence-corrected chi connectivity index (χ1v) is 7.02. The molecule has 0 N–H and O–H groups in total. The van der Waals surface area contributed by atoms with Crippen molar-refractivity contribution < 1.29 is 9.30 Å². The Morgan fingerprint density at radius 3 is 2.40 bits per heavy atom. The van der Waals surface area contributed by atoms with Crippen LogP contribution in [0.1, 0.15) is 13.3 Å². The number of methoxy groups -OCH3 is 1. The largest absolute Gasteiger partial charge is 0.497 e. The molecule has 0 spiro atoms. The second-order valence-corrected chi connectivity index (χ2v) is 6.76. The van der Waals surface area contributed by atoms with Gasteiger partial charge in [-0.15, -0.1) is 0 Å². The van der Waals surface area contributed by atoms with E-state index in [4.69, 9.17) is 4.74 Å².